The van der Waals surface area contributed by atoms with Crippen LogP contribution in [0.25, 0.3) is 6.08 Å². The molecule has 0 spiro atoms. The summed E-state index contributed by atoms with van der Waals surface area (Å²) in [6.07, 6.45) is 1.99. The summed E-state index contributed by atoms with van der Waals surface area (Å²) in [5, 5.41) is 0. The van der Waals surface area contributed by atoms with E-state index in [1.165, 1.54) is 5.56 Å². The molecule has 1 aromatic rings. The van der Waals surface area contributed by atoms with Gasteiger partial charge in [0, 0.05) is 5.57 Å². The van der Waals surface area contributed by atoms with E-state index in [-0.39, 0.29) is 11.4 Å². The zero-order valence-corrected chi connectivity index (χ0v) is 11.4. The molecular formula is C15H20N2O. The predicted octanol–water partition coefficient (Wildman–Crippen LogP) is 2.61. The normalized spacial score (nSPS) is 20.5. The van der Waals surface area contributed by atoms with E-state index >= 15 is 0 Å². The van der Waals surface area contributed by atoms with E-state index in [2.05, 4.69) is 36.8 Å². The average molecular weight is 244 g/mol. The first kappa shape index (κ1) is 12.8. The van der Waals surface area contributed by atoms with Gasteiger partial charge in [-0.05, 0) is 37.0 Å². The molecule has 1 amide bonds. The molecule has 3 nitrogen and oxygen atoms in total. The summed E-state index contributed by atoms with van der Waals surface area (Å²) in [5.41, 5.74) is 8.49. The lowest BCUT2D eigenvalue weighted by Gasteiger charge is -2.18. The van der Waals surface area contributed by atoms with Gasteiger partial charge in [0.2, 0.25) is 0 Å². The topological polar surface area (TPSA) is 41.1 Å². The molecule has 1 aliphatic heterocycles. The Hall–Kier alpha value is -1.61. The maximum Gasteiger partial charge on any atom is 0.263 e. The second-order valence-corrected chi connectivity index (χ2v) is 5.55. The monoisotopic (exact) mass is 244 g/mol. The van der Waals surface area contributed by atoms with Gasteiger partial charge < -0.3 is 0 Å². The fraction of sp³-hybridized carbons (Fsp3) is 0.400. The highest BCUT2D eigenvalue weighted by molar-refractivity contribution is 6.02. The van der Waals surface area contributed by atoms with E-state index in [0.29, 0.717) is 5.92 Å². The Labute approximate surface area is 108 Å². The molecule has 0 bridgehead atoms. The van der Waals surface area contributed by atoms with Crippen LogP contribution in [0.4, 0.5) is 0 Å². The Morgan fingerprint density at radius 2 is 1.89 bits per heavy atom. The summed E-state index contributed by atoms with van der Waals surface area (Å²) in [6.45, 7) is 8.31. The minimum absolute atomic E-state index is 0.0430. The third-order valence-corrected chi connectivity index (χ3v) is 3.32. The zero-order chi connectivity index (χ0) is 13.3. The Kier molecular flexibility index (Phi) is 3.26. The lowest BCUT2D eigenvalue weighted by molar-refractivity contribution is -0.116. The number of amides is 1. The van der Waals surface area contributed by atoms with Crippen LogP contribution in [0.2, 0.25) is 0 Å². The van der Waals surface area contributed by atoms with Gasteiger partial charge in [0.05, 0.1) is 5.54 Å². The highest BCUT2D eigenvalue weighted by Crippen LogP contribution is 2.26. The fourth-order valence-corrected chi connectivity index (χ4v) is 2.20. The molecule has 2 N–H and O–H groups in total. The van der Waals surface area contributed by atoms with Crippen molar-refractivity contribution >= 4 is 12.0 Å². The minimum atomic E-state index is -0.332. The fourth-order valence-electron chi connectivity index (χ4n) is 2.20. The van der Waals surface area contributed by atoms with E-state index in [0.717, 1.165) is 11.1 Å². The Balaban J connectivity index is 2.48. The van der Waals surface area contributed by atoms with Crippen molar-refractivity contribution in [2.24, 2.45) is 0 Å². The van der Waals surface area contributed by atoms with E-state index in [4.69, 9.17) is 0 Å². The number of hydrazine groups is 1. The van der Waals surface area contributed by atoms with Crippen molar-refractivity contribution in [3.63, 3.8) is 0 Å². The van der Waals surface area contributed by atoms with Crippen molar-refractivity contribution in [3.8, 4) is 0 Å². The van der Waals surface area contributed by atoms with Crippen LogP contribution in [0, 0.1) is 0 Å². The molecule has 1 heterocycles. The van der Waals surface area contributed by atoms with Crippen LogP contribution in [0.1, 0.15) is 44.7 Å². The highest BCUT2D eigenvalue weighted by Gasteiger charge is 2.35. The summed E-state index contributed by atoms with van der Waals surface area (Å²) in [7, 11) is 0. The first-order valence-electron chi connectivity index (χ1n) is 6.30. The molecule has 1 aromatic carbocycles. The minimum Gasteiger partial charge on any atom is -0.287 e. The number of carbonyl (C=O) groups excluding carboxylic acids is 1. The van der Waals surface area contributed by atoms with Crippen LogP contribution in [0.5, 0.6) is 0 Å². The number of carbonyl (C=O) groups is 1. The summed E-state index contributed by atoms with van der Waals surface area (Å²) >= 11 is 0. The second-order valence-electron chi connectivity index (χ2n) is 5.55. The molecule has 1 saturated heterocycles. The van der Waals surface area contributed by atoms with Gasteiger partial charge >= 0.3 is 0 Å². The van der Waals surface area contributed by atoms with E-state index in [9.17, 15) is 4.79 Å². The lowest BCUT2D eigenvalue weighted by atomic mass is 9.90. The molecule has 3 heteroatoms. The van der Waals surface area contributed by atoms with E-state index in [1.54, 1.807) is 0 Å². The van der Waals surface area contributed by atoms with Gasteiger partial charge in [-0.15, -0.1) is 0 Å². The van der Waals surface area contributed by atoms with Crippen molar-refractivity contribution < 1.29 is 4.79 Å². The molecule has 0 atom stereocenters. The molecule has 0 aromatic heterocycles. The van der Waals surface area contributed by atoms with Gasteiger partial charge in [0.15, 0.2) is 0 Å². The molecule has 0 aliphatic carbocycles. The van der Waals surface area contributed by atoms with E-state index in [1.807, 2.05) is 32.1 Å². The van der Waals surface area contributed by atoms with Crippen molar-refractivity contribution in [3.05, 3.63) is 41.0 Å². The van der Waals surface area contributed by atoms with Crippen LogP contribution in [0.15, 0.2) is 29.8 Å². The summed E-state index contributed by atoms with van der Waals surface area (Å²) in [6, 6.07) is 8.22. The molecule has 96 valence electrons. The molecule has 1 aliphatic rings. The van der Waals surface area contributed by atoms with Gasteiger partial charge in [-0.25, -0.2) is 5.43 Å². The van der Waals surface area contributed by atoms with Crippen LogP contribution >= 0.6 is 0 Å². The summed E-state index contributed by atoms with van der Waals surface area (Å²) in [5.74, 6) is 0.400. The third kappa shape index (κ3) is 2.31. The Morgan fingerprint density at radius 1 is 1.22 bits per heavy atom. The summed E-state index contributed by atoms with van der Waals surface area (Å²) in [4.78, 5) is 11.8. The molecular weight excluding hydrogens is 224 g/mol. The SMILES string of the molecule is CC(C)c1ccccc1/C=C1\C(=O)NNC1(C)C. The van der Waals surface area contributed by atoms with Gasteiger partial charge in [0.1, 0.15) is 0 Å². The van der Waals surface area contributed by atoms with Crippen LogP contribution in [-0.2, 0) is 4.79 Å². The van der Waals surface area contributed by atoms with Crippen LogP contribution < -0.4 is 10.9 Å². The van der Waals surface area contributed by atoms with Crippen molar-refractivity contribution in [2.75, 3.05) is 0 Å². The molecule has 1 fully saturated rings. The van der Waals surface area contributed by atoms with Crippen molar-refractivity contribution in [1.82, 2.24) is 10.9 Å². The predicted molar refractivity (Wildman–Crippen MR) is 73.9 cm³/mol. The van der Waals surface area contributed by atoms with Crippen LogP contribution in [0.3, 0.4) is 0 Å². The molecule has 0 saturated carbocycles. The molecule has 0 unspecified atom stereocenters. The summed E-state index contributed by atoms with van der Waals surface area (Å²) < 4.78 is 0. The number of nitrogens with one attached hydrogen (secondary N) is 2. The first-order chi connectivity index (χ1) is 8.42. The van der Waals surface area contributed by atoms with Gasteiger partial charge in [0.25, 0.3) is 5.91 Å². The number of rotatable bonds is 2. The number of hydrogen-bond acceptors (Lipinski definition) is 2. The van der Waals surface area contributed by atoms with Crippen molar-refractivity contribution in [2.45, 2.75) is 39.2 Å². The largest absolute Gasteiger partial charge is 0.287 e. The highest BCUT2D eigenvalue weighted by atomic mass is 16.2. The smallest absolute Gasteiger partial charge is 0.263 e. The number of benzene rings is 1. The maximum absolute atomic E-state index is 11.8. The lowest BCUT2D eigenvalue weighted by Crippen LogP contribution is -2.38. The first-order valence-corrected chi connectivity index (χ1v) is 6.30. The molecule has 18 heavy (non-hydrogen) atoms. The van der Waals surface area contributed by atoms with Gasteiger partial charge in [-0.2, -0.15) is 0 Å². The standard InChI is InChI=1S/C15H20N2O/c1-10(2)12-8-6-5-7-11(12)9-13-14(18)16-17-15(13,3)4/h5-10,17H,1-4H3,(H,16,18)/b13-9+. The Morgan fingerprint density at radius 3 is 2.44 bits per heavy atom. The quantitative estimate of drug-likeness (QED) is 0.785. The maximum atomic E-state index is 11.8. The molecule has 0 radical (unpaired) electrons. The Bertz CT molecular complexity index is 501. The van der Waals surface area contributed by atoms with Gasteiger partial charge in [-0.1, -0.05) is 38.1 Å². The molecule has 2 rings (SSSR count). The zero-order valence-electron chi connectivity index (χ0n) is 11.4. The second kappa shape index (κ2) is 4.58. The van der Waals surface area contributed by atoms with Crippen molar-refractivity contribution in [1.29, 1.82) is 0 Å². The van der Waals surface area contributed by atoms with E-state index < -0.39 is 0 Å². The van der Waals surface area contributed by atoms with Gasteiger partial charge in [-0.3, -0.25) is 10.2 Å². The average Bonchev–Trinajstić information content (AvgIpc) is 2.56. The third-order valence-electron chi connectivity index (χ3n) is 3.32. The van der Waals surface area contributed by atoms with Crippen LogP contribution in [-0.4, -0.2) is 11.4 Å². The number of hydrogen-bond donors (Lipinski definition) is 2.